The van der Waals surface area contributed by atoms with Crippen LogP contribution in [0.1, 0.15) is 32.1 Å². The van der Waals surface area contributed by atoms with Crippen molar-refractivity contribution in [2.45, 2.75) is 32.1 Å². The van der Waals surface area contributed by atoms with Crippen molar-refractivity contribution < 1.29 is 4.79 Å². The average Bonchev–Trinajstić information content (AvgIpc) is 2.57. The first-order chi connectivity index (χ1) is 6.33. The van der Waals surface area contributed by atoms with E-state index in [1.807, 2.05) is 0 Å². The monoisotopic (exact) mass is 182 g/mol. The third-order valence-corrected chi connectivity index (χ3v) is 2.27. The van der Waals surface area contributed by atoms with Crippen LogP contribution in [0.3, 0.4) is 0 Å². The highest BCUT2D eigenvalue weighted by molar-refractivity contribution is 5.75. The van der Waals surface area contributed by atoms with Crippen LogP contribution in [0.15, 0.2) is 11.6 Å². The molecule has 1 amide bonds. The van der Waals surface area contributed by atoms with Crippen molar-refractivity contribution in [1.82, 2.24) is 5.32 Å². The van der Waals surface area contributed by atoms with Gasteiger partial charge in [-0.25, -0.2) is 0 Å². The maximum absolute atomic E-state index is 11.0. The van der Waals surface area contributed by atoms with Gasteiger partial charge < -0.3 is 11.1 Å². The summed E-state index contributed by atoms with van der Waals surface area (Å²) in [7, 11) is 0. The minimum atomic E-state index is 0.0705. The highest BCUT2D eigenvalue weighted by Gasteiger charge is 2.04. The highest BCUT2D eigenvalue weighted by atomic mass is 16.1. The van der Waals surface area contributed by atoms with Gasteiger partial charge in [-0.05, 0) is 25.7 Å². The Morgan fingerprint density at radius 1 is 1.62 bits per heavy atom. The lowest BCUT2D eigenvalue weighted by atomic mass is 10.2. The van der Waals surface area contributed by atoms with Crippen molar-refractivity contribution in [3.05, 3.63) is 11.6 Å². The van der Waals surface area contributed by atoms with Gasteiger partial charge >= 0.3 is 0 Å². The summed E-state index contributed by atoms with van der Waals surface area (Å²) in [4.78, 5) is 11.0. The normalized spacial score (nSPS) is 15.6. The van der Waals surface area contributed by atoms with Crippen molar-refractivity contribution in [3.63, 3.8) is 0 Å². The molecule has 0 spiro atoms. The maximum Gasteiger partial charge on any atom is 0.221 e. The van der Waals surface area contributed by atoms with E-state index in [9.17, 15) is 4.79 Å². The molecule has 0 aromatic carbocycles. The van der Waals surface area contributed by atoms with Crippen molar-refractivity contribution in [3.8, 4) is 0 Å². The third-order valence-electron chi connectivity index (χ3n) is 2.27. The van der Waals surface area contributed by atoms with E-state index >= 15 is 0 Å². The van der Waals surface area contributed by atoms with Crippen LogP contribution in [0.5, 0.6) is 0 Å². The summed E-state index contributed by atoms with van der Waals surface area (Å²) >= 11 is 0. The summed E-state index contributed by atoms with van der Waals surface area (Å²) in [5.41, 5.74) is 6.74. The van der Waals surface area contributed by atoms with Gasteiger partial charge in [0.15, 0.2) is 0 Å². The Kier molecular flexibility index (Phi) is 4.54. The number of nitrogens with one attached hydrogen (secondary N) is 1. The Balaban J connectivity index is 2.03. The molecule has 3 N–H and O–H groups in total. The first-order valence-electron chi connectivity index (χ1n) is 4.97. The van der Waals surface area contributed by atoms with Gasteiger partial charge in [0, 0.05) is 19.5 Å². The summed E-state index contributed by atoms with van der Waals surface area (Å²) in [6.07, 6.45) is 7.45. The smallest absolute Gasteiger partial charge is 0.221 e. The van der Waals surface area contributed by atoms with Crippen molar-refractivity contribution >= 4 is 5.91 Å². The fourth-order valence-electron chi connectivity index (χ4n) is 1.55. The molecule has 0 saturated carbocycles. The Hall–Kier alpha value is -0.830. The van der Waals surface area contributed by atoms with Crippen LogP contribution >= 0.6 is 0 Å². The molecule has 13 heavy (non-hydrogen) atoms. The highest BCUT2D eigenvalue weighted by Crippen LogP contribution is 2.19. The largest absolute Gasteiger partial charge is 0.356 e. The third kappa shape index (κ3) is 4.08. The number of amides is 1. The quantitative estimate of drug-likeness (QED) is 0.622. The van der Waals surface area contributed by atoms with Crippen molar-refractivity contribution in [1.29, 1.82) is 0 Å². The van der Waals surface area contributed by atoms with E-state index in [2.05, 4.69) is 11.4 Å². The van der Waals surface area contributed by atoms with Crippen LogP contribution in [-0.4, -0.2) is 19.0 Å². The Morgan fingerprint density at radius 3 is 3.08 bits per heavy atom. The van der Waals surface area contributed by atoms with Crippen LogP contribution in [0.25, 0.3) is 0 Å². The fourth-order valence-corrected chi connectivity index (χ4v) is 1.55. The Bertz CT molecular complexity index is 199. The van der Waals surface area contributed by atoms with Gasteiger partial charge in [0.05, 0.1) is 0 Å². The van der Waals surface area contributed by atoms with E-state index < -0.39 is 0 Å². The van der Waals surface area contributed by atoms with Gasteiger partial charge in [-0.3, -0.25) is 4.79 Å². The summed E-state index contributed by atoms with van der Waals surface area (Å²) in [6.45, 7) is 1.21. The second kappa shape index (κ2) is 5.75. The van der Waals surface area contributed by atoms with E-state index in [1.54, 1.807) is 0 Å². The van der Waals surface area contributed by atoms with Gasteiger partial charge in [0.1, 0.15) is 0 Å². The molecular weight excluding hydrogens is 164 g/mol. The van der Waals surface area contributed by atoms with E-state index in [-0.39, 0.29) is 5.91 Å². The molecule has 0 radical (unpaired) electrons. The predicted octanol–water partition coefficient (Wildman–Crippen LogP) is 0.952. The molecule has 0 saturated heterocycles. The molecule has 0 heterocycles. The van der Waals surface area contributed by atoms with E-state index in [1.165, 1.54) is 24.8 Å². The molecule has 0 aliphatic heterocycles. The van der Waals surface area contributed by atoms with Crippen LogP contribution < -0.4 is 11.1 Å². The molecule has 3 nitrogen and oxygen atoms in total. The zero-order valence-corrected chi connectivity index (χ0v) is 8.01. The van der Waals surface area contributed by atoms with Gasteiger partial charge in [-0.1, -0.05) is 11.6 Å². The molecule has 0 aromatic rings. The SMILES string of the molecule is NCCC(=O)NCCC1=CCCC1. The van der Waals surface area contributed by atoms with Crippen LogP contribution in [-0.2, 0) is 4.79 Å². The first kappa shape index (κ1) is 10.3. The Morgan fingerprint density at radius 2 is 2.46 bits per heavy atom. The first-order valence-corrected chi connectivity index (χ1v) is 4.97. The van der Waals surface area contributed by atoms with Crippen molar-refractivity contribution in [2.75, 3.05) is 13.1 Å². The van der Waals surface area contributed by atoms with Gasteiger partial charge in [0.25, 0.3) is 0 Å². The zero-order chi connectivity index (χ0) is 9.52. The summed E-state index contributed by atoms with van der Waals surface area (Å²) in [5, 5.41) is 2.85. The molecule has 1 aliphatic carbocycles. The maximum atomic E-state index is 11.0. The minimum absolute atomic E-state index is 0.0705. The lowest BCUT2D eigenvalue weighted by molar-refractivity contribution is -0.120. The molecule has 1 aliphatic rings. The Labute approximate surface area is 79.4 Å². The molecule has 0 bridgehead atoms. The second-order valence-corrected chi connectivity index (χ2v) is 3.39. The second-order valence-electron chi connectivity index (χ2n) is 3.39. The lowest BCUT2D eigenvalue weighted by Gasteiger charge is -2.04. The number of hydrogen-bond donors (Lipinski definition) is 2. The molecule has 0 atom stereocenters. The van der Waals surface area contributed by atoms with Crippen LogP contribution in [0, 0.1) is 0 Å². The minimum Gasteiger partial charge on any atom is -0.356 e. The van der Waals surface area contributed by atoms with E-state index in [0.717, 1.165) is 13.0 Å². The summed E-state index contributed by atoms with van der Waals surface area (Å²) in [6, 6.07) is 0. The lowest BCUT2D eigenvalue weighted by Crippen LogP contribution is -2.26. The molecule has 0 fully saturated rings. The summed E-state index contributed by atoms with van der Waals surface area (Å²) in [5.74, 6) is 0.0705. The topological polar surface area (TPSA) is 55.1 Å². The summed E-state index contributed by atoms with van der Waals surface area (Å²) < 4.78 is 0. The molecule has 3 heteroatoms. The standard InChI is InChI=1S/C10H18N2O/c11-7-5-10(13)12-8-6-9-3-1-2-4-9/h3H,1-2,4-8,11H2,(H,12,13). The molecule has 74 valence electrons. The van der Waals surface area contributed by atoms with E-state index in [0.29, 0.717) is 13.0 Å². The zero-order valence-electron chi connectivity index (χ0n) is 8.01. The van der Waals surface area contributed by atoms with E-state index in [4.69, 9.17) is 5.73 Å². The van der Waals surface area contributed by atoms with Gasteiger partial charge in [-0.2, -0.15) is 0 Å². The average molecular weight is 182 g/mol. The number of allylic oxidation sites excluding steroid dienone is 1. The fraction of sp³-hybridized carbons (Fsp3) is 0.700. The van der Waals surface area contributed by atoms with Crippen molar-refractivity contribution in [2.24, 2.45) is 5.73 Å². The number of rotatable bonds is 5. The molecule has 0 unspecified atom stereocenters. The van der Waals surface area contributed by atoms with Crippen LogP contribution in [0.4, 0.5) is 0 Å². The molecular formula is C10H18N2O. The predicted molar refractivity (Wildman–Crippen MR) is 53.2 cm³/mol. The van der Waals surface area contributed by atoms with Gasteiger partial charge in [-0.15, -0.1) is 0 Å². The number of carbonyl (C=O) groups is 1. The molecule has 1 rings (SSSR count). The van der Waals surface area contributed by atoms with Gasteiger partial charge in [0.2, 0.25) is 5.91 Å². The van der Waals surface area contributed by atoms with Crippen LogP contribution in [0.2, 0.25) is 0 Å². The number of carbonyl (C=O) groups excluding carboxylic acids is 1. The number of hydrogen-bond acceptors (Lipinski definition) is 2. The molecule has 0 aromatic heterocycles. The number of nitrogens with two attached hydrogens (primary N) is 1.